The predicted molar refractivity (Wildman–Crippen MR) is 79.1 cm³/mol. The van der Waals surface area contributed by atoms with E-state index in [1.54, 1.807) is 0 Å². The third-order valence-corrected chi connectivity index (χ3v) is 7.85. The van der Waals surface area contributed by atoms with Gasteiger partial charge in [0.1, 0.15) is 9.09 Å². The summed E-state index contributed by atoms with van der Waals surface area (Å²) in [6.07, 6.45) is 0. The maximum Gasteiger partial charge on any atom is 0.345 e. The average Bonchev–Trinajstić information content (AvgIpc) is 3.00. The van der Waals surface area contributed by atoms with Crippen LogP contribution in [0.2, 0.25) is 0 Å². The van der Waals surface area contributed by atoms with Gasteiger partial charge in [0.05, 0.1) is 0 Å². The lowest BCUT2D eigenvalue weighted by molar-refractivity contribution is 0.0702. The van der Waals surface area contributed by atoms with Crippen molar-refractivity contribution in [2.45, 2.75) is 11.1 Å². The van der Waals surface area contributed by atoms with Gasteiger partial charge in [0.25, 0.3) is 10.0 Å². The van der Waals surface area contributed by atoms with Crippen molar-refractivity contribution in [3.63, 3.8) is 0 Å². The largest absolute Gasteiger partial charge is 0.477 e. The van der Waals surface area contributed by atoms with E-state index >= 15 is 0 Å². The molecule has 0 unspecified atom stereocenters. The van der Waals surface area contributed by atoms with Gasteiger partial charge < -0.3 is 10.0 Å². The third kappa shape index (κ3) is 2.40. The Labute approximate surface area is 128 Å². The van der Waals surface area contributed by atoms with E-state index in [0.717, 1.165) is 24.4 Å². The highest BCUT2D eigenvalue weighted by atomic mass is 32.2. The van der Waals surface area contributed by atoms with Crippen molar-refractivity contribution in [3.05, 3.63) is 17.0 Å². The zero-order chi connectivity index (χ0) is 15.4. The van der Waals surface area contributed by atoms with Crippen LogP contribution in [0.5, 0.6) is 0 Å². The summed E-state index contributed by atoms with van der Waals surface area (Å²) in [4.78, 5) is 13.2. The van der Waals surface area contributed by atoms with Crippen molar-refractivity contribution in [2.24, 2.45) is 11.3 Å². The molecule has 2 atom stereocenters. The number of hydrogen-bond acceptors (Lipinski definition) is 5. The zero-order valence-electron chi connectivity index (χ0n) is 11.9. The Kier molecular flexibility index (Phi) is 3.40. The van der Waals surface area contributed by atoms with Gasteiger partial charge in [-0.1, -0.05) is 6.92 Å². The van der Waals surface area contributed by atoms with E-state index in [9.17, 15) is 13.2 Å². The van der Waals surface area contributed by atoms with Crippen LogP contribution < -0.4 is 0 Å². The van der Waals surface area contributed by atoms with Crippen molar-refractivity contribution in [3.8, 4) is 0 Å². The van der Waals surface area contributed by atoms with Crippen molar-refractivity contribution in [1.82, 2.24) is 9.21 Å². The zero-order valence-corrected chi connectivity index (χ0v) is 13.6. The topological polar surface area (TPSA) is 77.9 Å². The van der Waals surface area contributed by atoms with Crippen molar-refractivity contribution >= 4 is 27.3 Å². The van der Waals surface area contributed by atoms with Gasteiger partial charge in [-0.3, -0.25) is 0 Å². The van der Waals surface area contributed by atoms with E-state index in [2.05, 4.69) is 18.9 Å². The van der Waals surface area contributed by atoms with Gasteiger partial charge in [0.2, 0.25) is 0 Å². The SMILES string of the molecule is CN1C[C@@H]2CN(S(=O)(=O)c3ccc(C(=O)O)s3)C[C@]2(C)C1. The molecular weight excluding hydrogens is 312 g/mol. The number of hydrogen-bond donors (Lipinski definition) is 1. The number of fused-ring (bicyclic) bond motifs is 1. The van der Waals surface area contributed by atoms with Crippen LogP contribution in [0, 0.1) is 11.3 Å². The second-order valence-corrected chi connectivity index (χ2v) is 9.52. The number of sulfonamides is 1. The lowest BCUT2D eigenvalue weighted by Crippen LogP contribution is -2.34. The molecule has 0 aromatic carbocycles. The van der Waals surface area contributed by atoms with E-state index < -0.39 is 16.0 Å². The fourth-order valence-corrected chi connectivity index (χ4v) is 6.38. The van der Waals surface area contributed by atoms with Crippen LogP contribution in [-0.4, -0.2) is 61.9 Å². The third-order valence-electron chi connectivity index (χ3n) is 4.50. The molecule has 21 heavy (non-hydrogen) atoms. The number of nitrogens with zero attached hydrogens (tertiary/aromatic N) is 2. The summed E-state index contributed by atoms with van der Waals surface area (Å²) < 4.78 is 26.9. The molecule has 2 aliphatic heterocycles. The van der Waals surface area contributed by atoms with Crippen LogP contribution in [0.25, 0.3) is 0 Å². The summed E-state index contributed by atoms with van der Waals surface area (Å²) in [6, 6.07) is 2.75. The lowest BCUT2D eigenvalue weighted by atomic mass is 9.83. The summed E-state index contributed by atoms with van der Waals surface area (Å²) in [5, 5.41) is 8.93. The smallest absolute Gasteiger partial charge is 0.345 e. The molecule has 3 heterocycles. The van der Waals surface area contributed by atoms with Crippen molar-refractivity contribution < 1.29 is 18.3 Å². The number of carboxylic acids is 1. The quantitative estimate of drug-likeness (QED) is 0.895. The van der Waals surface area contributed by atoms with Crippen molar-refractivity contribution in [2.75, 3.05) is 33.2 Å². The molecule has 2 saturated heterocycles. The normalized spacial score (nSPS) is 30.7. The number of carbonyl (C=O) groups is 1. The second-order valence-electron chi connectivity index (χ2n) is 6.27. The van der Waals surface area contributed by atoms with Crippen LogP contribution in [0.15, 0.2) is 16.3 Å². The highest BCUT2D eigenvalue weighted by molar-refractivity contribution is 7.91. The van der Waals surface area contributed by atoms with Crippen LogP contribution in [0.3, 0.4) is 0 Å². The second kappa shape index (κ2) is 4.77. The standard InChI is InChI=1S/C13H18N2O4S2/c1-13-7-14(2)5-9(13)6-15(8-13)21(18,19)11-4-3-10(20-11)12(16)17/h3-4,9H,5-8H2,1-2H3,(H,16,17)/t9-,13+/m1/s1. The molecule has 0 amide bonds. The van der Waals surface area contributed by atoms with Crippen LogP contribution in [-0.2, 0) is 10.0 Å². The number of aromatic carboxylic acids is 1. The molecule has 116 valence electrons. The molecule has 8 heteroatoms. The van der Waals surface area contributed by atoms with Crippen LogP contribution >= 0.6 is 11.3 Å². The molecule has 1 N–H and O–H groups in total. The number of rotatable bonds is 3. The lowest BCUT2D eigenvalue weighted by Gasteiger charge is -2.23. The Morgan fingerprint density at radius 2 is 2.10 bits per heavy atom. The Bertz CT molecular complexity index is 684. The molecule has 0 saturated carbocycles. The first-order valence-electron chi connectivity index (χ1n) is 6.74. The molecule has 2 aliphatic rings. The first-order valence-corrected chi connectivity index (χ1v) is 9.00. The minimum Gasteiger partial charge on any atom is -0.477 e. The Balaban J connectivity index is 1.85. The average molecular weight is 330 g/mol. The fraction of sp³-hybridized carbons (Fsp3) is 0.615. The maximum absolute atomic E-state index is 12.7. The minimum atomic E-state index is -3.58. The first kappa shape index (κ1) is 15.0. The van der Waals surface area contributed by atoms with E-state index in [0.29, 0.717) is 19.0 Å². The summed E-state index contributed by atoms with van der Waals surface area (Å²) in [5.41, 5.74) is -0.00525. The summed E-state index contributed by atoms with van der Waals surface area (Å²) in [7, 11) is -1.52. The molecule has 6 nitrogen and oxygen atoms in total. The molecule has 1 aromatic heterocycles. The minimum absolute atomic E-state index is 0.00525. The van der Waals surface area contributed by atoms with Crippen LogP contribution in [0.1, 0.15) is 16.6 Å². The van der Waals surface area contributed by atoms with E-state index in [4.69, 9.17) is 5.11 Å². The Morgan fingerprint density at radius 1 is 1.38 bits per heavy atom. The summed E-state index contributed by atoms with van der Waals surface area (Å²) in [5.74, 6) is -0.746. The maximum atomic E-state index is 12.7. The Hall–Kier alpha value is -0.960. The molecule has 2 fully saturated rings. The molecular formula is C13H18N2O4S2. The summed E-state index contributed by atoms with van der Waals surface area (Å²) in [6.45, 7) is 4.96. The number of thiophene rings is 1. The molecule has 1 aromatic rings. The highest BCUT2D eigenvalue weighted by Crippen LogP contribution is 2.43. The molecule has 0 radical (unpaired) electrons. The van der Waals surface area contributed by atoms with Gasteiger partial charge >= 0.3 is 5.97 Å². The predicted octanol–water partition coefficient (Wildman–Crippen LogP) is 1.02. The van der Waals surface area contributed by atoms with Crippen molar-refractivity contribution in [1.29, 1.82) is 0 Å². The van der Waals surface area contributed by atoms with Gasteiger partial charge in [-0.15, -0.1) is 11.3 Å². The molecule has 0 aliphatic carbocycles. The van der Waals surface area contributed by atoms with Gasteiger partial charge in [0, 0.05) is 26.2 Å². The highest BCUT2D eigenvalue weighted by Gasteiger charge is 2.51. The Morgan fingerprint density at radius 3 is 2.67 bits per heavy atom. The number of carboxylic acid groups (broad SMARTS) is 1. The van der Waals surface area contributed by atoms with Gasteiger partial charge in [-0.05, 0) is 30.5 Å². The number of likely N-dealkylation sites (tertiary alicyclic amines) is 1. The van der Waals surface area contributed by atoms with Gasteiger partial charge in [-0.2, -0.15) is 4.31 Å². The molecule has 0 bridgehead atoms. The van der Waals surface area contributed by atoms with E-state index in [-0.39, 0.29) is 14.5 Å². The first-order chi connectivity index (χ1) is 9.72. The van der Waals surface area contributed by atoms with E-state index in [1.165, 1.54) is 16.4 Å². The van der Waals surface area contributed by atoms with Gasteiger partial charge in [-0.25, -0.2) is 13.2 Å². The van der Waals surface area contributed by atoms with Crippen LogP contribution in [0.4, 0.5) is 0 Å². The molecule has 0 spiro atoms. The molecule has 3 rings (SSSR count). The fourth-order valence-electron chi connectivity index (χ4n) is 3.46. The monoisotopic (exact) mass is 330 g/mol. The summed E-state index contributed by atoms with van der Waals surface area (Å²) >= 11 is 0.823. The van der Waals surface area contributed by atoms with Gasteiger partial charge in [0.15, 0.2) is 0 Å². The van der Waals surface area contributed by atoms with E-state index in [1.807, 2.05) is 0 Å².